The Balaban J connectivity index is 1.45. The van der Waals surface area contributed by atoms with Gasteiger partial charge in [0, 0.05) is 17.0 Å². The molecule has 0 N–H and O–H groups in total. The maximum Gasteiger partial charge on any atom is 0.311 e. The number of nitro benzene ring substituents is 1. The van der Waals surface area contributed by atoms with Crippen LogP contribution in [-0.4, -0.2) is 24.5 Å². The number of fused-ring (bicyclic) bond motifs is 3. The van der Waals surface area contributed by atoms with Gasteiger partial charge in [0.15, 0.2) is 17.2 Å². The Labute approximate surface area is 176 Å². The summed E-state index contributed by atoms with van der Waals surface area (Å²) < 4.78 is 7.41. The molecule has 0 atom stereocenters. The molecule has 0 fully saturated rings. The molecule has 0 aliphatic rings. The summed E-state index contributed by atoms with van der Waals surface area (Å²) in [5.74, 6) is 0.811. The van der Waals surface area contributed by atoms with Crippen LogP contribution in [0.2, 0.25) is 0 Å². The van der Waals surface area contributed by atoms with E-state index in [2.05, 4.69) is 10.1 Å². The quantitative estimate of drug-likeness (QED) is 0.306. The van der Waals surface area contributed by atoms with Crippen LogP contribution >= 0.6 is 0 Å². The minimum absolute atomic E-state index is 0.0439. The normalized spacial score (nSPS) is 11.1. The zero-order valence-electron chi connectivity index (χ0n) is 16.6. The lowest BCUT2D eigenvalue weighted by molar-refractivity contribution is -0.386. The molecule has 0 amide bonds. The number of rotatable bonds is 5. The third-order valence-electron chi connectivity index (χ3n) is 4.97. The van der Waals surface area contributed by atoms with Gasteiger partial charge in [-0.2, -0.15) is 0 Å². The van der Waals surface area contributed by atoms with E-state index < -0.39 is 4.92 Å². The van der Waals surface area contributed by atoms with Gasteiger partial charge in [-0.15, -0.1) is 5.10 Å². The van der Waals surface area contributed by atoms with Gasteiger partial charge in [0.1, 0.15) is 12.9 Å². The first kappa shape index (κ1) is 18.7. The van der Waals surface area contributed by atoms with Gasteiger partial charge >= 0.3 is 5.69 Å². The molecule has 0 aliphatic carbocycles. The Morgan fingerprint density at radius 2 is 1.94 bits per heavy atom. The van der Waals surface area contributed by atoms with Crippen molar-refractivity contribution in [1.82, 2.24) is 19.6 Å². The molecule has 31 heavy (non-hydrogen) atoms. The first-order chi connectivity index (χ1) is 15.1. The molecule has 0 saturated heterocycles. The highest BCUT2D eigenvalue weighted by atomic mass is 16.6. The van der Waals surface area contributed by atoms with Crippen LogP contribution in [0.3, 0.4) is 0 Å². The van der Waals surface area contributed by atoms with Crippen molar-refractivity contribution in [3.8, 4) is 17.1 Å². The number of hydrogen-bond acceptors (Lipinski definition) is 6. The lowest BCUT2D eigenvalue weighted by atomic mass is 10.1. The van der Waals surface area contributed by atoms with Crippen molar-refractivity contribution in [3.05, 3.63) is 94.3 Å². The Hall–Kier alpha value is -4.33. The van der Waals surface area contributed by atoms with Crippen LogP contribution in [0.4, 0.5) is 5.69 Å². The van der Waals surface area contributed by atoms with Crippen molar-refractivity contribution in [2.75, 3.05) is 0 Å². The van der Waals surface area contributed by atoms with Crippen molar-refractivity contribution >= 4 is 22.2 Å². The average Bonchev–Trinajstić information content (AvgIpc) is 3.23. The molecule has 2 aromatic heterocycles. The number of ether oxygens (including phenoxy) is 1. The number of nitro groups is 1. The molecule has 3 aromatic carbocycles. The molecule has 5 rings (SSSR count). The molecule has 0 unspecified atom stereocenters. The highest BCUT2D eigenvalue weighted by Crippen LogP contribution is 2.29. The molecular formula is C23H17N5O3. The molecular weight excluding hydrogens is 394 g/mol. The lowest BCUT2D eigenvalue weighted by Gasteiger charge is -2.08. The number of para-hydroxylation sites is 1. The molecule has 8 nitrogen and oxygen atoms in total. The summed E-state index contributed by atoms with van der Waals surface area (Å²) in [6.45, 7) is 2.00. The fourth-order valence-corrected chi connectivity index (χ4v) is 3.46. The van der Waals surface area contributed by atoms with E-state index in [1.54, 1.807) is 29.9 Å². The highest BCUT2D eigenvalue weighted by molar-refractivity contribution is 5.91. The van der Waals surface area contributed by atoms with Crippen molar-refractivity contribution in [2.24, 2.45) is 0 Å². The largest absolute Gasteiger partial charge is 0.482 e. The Kier molecular flexibility index (Phi) is 4.51. The van der Waals surface area contributed by atoms with E-state index in [9.17, 15) is 10.1 Å². The topological polar surface area (TPSA) is 95.5 Å². The van der Waals surface area contributed by atoms with E-state index in [1.807, 2.05) is 48.5 Å². The average molecular weight is 411 g/mol. The van der Waals surface area contributed by atoms with Gasteiger partial charge in [0.2, 0.25) is 0 Å². The van der Waals surface area contributed by atoms with Crippen molar-refractivity contribution in [3.63, 3.8) is 0 Å². The monoisotopic (exact) mass is 411 g/mol. The third kappa shape index (κ3) is 3.55. The van der Waals surface area contributed by atoms with E-state index >= 15 is 0 Å². The van der Waals surface area contributed by atoms with Gasteiger partial charge in [-0.3, -0.25) is 10.1 Å². The Morgan fingerprint density at radius 3 is 2.81 bits per heavy atom. The fourth-order valence-electron chi connectivity index (χ4n) is 3.46. The standard InChI is InChI=1S/C23H17N5O3/c1-15-9-10-21(20(11-15)28(29)30)31-13-16-5-4-6-17(12-16)22-25-23-18-7-2-3-8-19(18)24-14-27(23)26-22/h2-12,14H,13H2,1H3. The molecule has 0 radical (unpaired) electrons. The second-order valence-electron chi connectivity index (χ2n) is 7.18. The molecule has 5 aromatic rings. The summed E-state index contributed by atoms with van der Waals surface area (Å²) in [5, 5.41) is 16.8. The van der Waals surface area contributed by atoms with Crippen molar-refractivity contribution in [2.45, 2.75) is 13.5 Å². The van der Waals surface area contributed by atoms with Crippen LogP contribution < -0.4 is 4.74 Å². The maximum atomic E-state index is 11.3. The highest BCUT2D eigenvalue weighted by Gasteiger charge is 2.16. The van der Waals surface area contributed by atoms with Crippen molar-refractivity contribution < 1.29 is 9.66 Å². The predicted octanol–water partition coefficient (Wildman–Crippen LogP) is 4.74. The predicted molar refractivity (Wildman–Crippen MR) is 116 cm³/mol. The molecule has 0 bridgehead atoms. The molecule has 2 heterocycles. The second-order valence-corrected chi connectivity index (χ2v) is 7.18. The first-order valence-electron chi connectivity index (χ1n) is 9.66. The molecule has 152 valence electrons. The van der Waals surface area contributed by atoms with E-state index in [0.717, 1.165) is 33.2 Å². The van der Waals surface area contributed by atoms with E-state index in [-0.39, 0.29) is 18.0 Å². The Morgan fingerprint density at radius 1 is 1.06 bits per heavy atom. The van der Waals surface area contributed by atoms with Crippen LogP contribution in [0.15, 0.2) is 73.1 Å². The van der Waals surface area contributed by atoms with Gasteiger partial charge in [-0.1, -0.05) is 36.4 Å². The summed E-state index contributed by atoms with van der Waals surface area (Å²) in [6, 6.07) is 20.3. The van der Waals surface area contributed by atoms with Crippen LogP contribution in [0, 0.1) is 17.0 Å². The van der Waals surface area contributed by atoms with Crippen molar-refractivity contribution in [1.29, 1.82) is 0 Å². The van der Waals surface area contributed by atoms with Gasteiger partial charge in [-0.05, 0) is 42.3 Å². The van der Waals surface area contributed by atoms with Gasteiger partial charge < -0.3 is 4.74 Å². The fraction of sp³-hybridized carbons (Fsp3) is 0.0870. The summed E-state index contributed by atoms with van der Waals surface area (Å²) in [5.41, 5.74) is 4.04. The second kappa shape index (κ2) is 7.49. The van der Waals surface area contributed by atoms with E-state index in [1.165, 1.54) is 6.07 Å². The van der Waals surface area contributed by atoms with E-state index in [4.69, 9.17) is 9.72 Å². The van der Waals surface area contributed by atoms with Crippen LogP contribution in [0.1, 0.15) is 11.1 Å². The molecule has 0 saturated carbocycles. The first-order valence-corrected chi connectivity index (χ1v) is 9.66. The van der Waals surface area contributed by atoms with Crippen LogP contribution in [0.25, 0.3) is 27.9 Å². The lowest BCUT2D eigenvalue weighted by Crippen LogP contribution is -2.00. The summed E-state index contributed by atoms with van der Waals surface area (Å²) in [7, 11) is 0. The SMILES string of the molecule is Cc1ccc(OCc2cccc(-c3nc4c5ccccc5ncn4n3)c2)c([N+](=O)[O-])c1. The number of benzene rings is 3. The minimum Gasteiger partial charge on any atom is -0.482 e. The smallest absolute Gasteiger partial charge is 0.311 e. The number of nitrogens with zero attached hydrogens (tertiary/aromatic N) is 5. The summed E-state index contributed by atoms with van der Waals surface area (Å²) >= 11 is 0. The number of aromatic nitrogens is 4. The third-order valence-corrected chi connectivity index (χ3v) is 4.97. The van der Waals surface area contributed by atoms with Crippen LogP contribution in [0.5, 0.6) is 5.75 Å². The zero-order chi connectivity index (χ0) is 21.4. The van der Waals surface area contributed by atoms with Gasteiger partial charge in [0.05, 0.1) is 10.4 Å². The number of aryl methyl sites for hydroxylation is 1. The van der Waals surface area contributed by atoms with Crippen LogP contribution in [-0.2, 0) is 6.61 Å². The number of hydrogen-bond donors (Lipinski definition) is 0. The molecule has 0 aliphatic heterocycles. The summed E-state index contributed by atoms with van der Waals surface area (Å²) in [6.07, 6.45) is 1.65. The molecule has 8 heteroatoms. The summed E-state index contributed by atoms with van der Waals surface area (Å²) in [4.78, 5) is 20.0. The minimum atomic E-state index is -0.433. The maximum absolute atomic E-state index is 11.3. The molecule has 0 spiro atoms. The van der Waals surface area contributed by atoms with E-state index in [0.29, 0.717) is 5.82 Å². The zero-order valence-corrected chi connectivity index (χ0v) is 16.6. The Bertz CT molecular complexity index is 1440. The van der Waals surface area contributed by atoms with Gasteiger partial charge in [0.25, 0.3) is 0 Å². The van der Waals surface area contributed by atoms with Gasteiger partial charge in [-0.25, -0.2) is 14.5 Å².